The molecule has 2 fully saturated rings. The first-order valence-electron chi connectivity index (χ1n) is 7.39. The fourth-order valence-corrected chi connectivity index (χ4v) is 4.61. The van der Waals surface area contributed by atoms with Gasteiger partial charge in [0.15, 0.2) is 9.84 Å². The van der Waals surface area contributed by atoms with Crippen LogP contribution >= 0.6 is 0 Å². The smallest absolute Gasteiger partial charge is 0.152 e. The molecular weight excluding hydrogens is 246 g/mol. The van der Waals surface area contributed by atoms with E-state index in [4.69, 9.17) is 0 Å². The highest BCUT2D eigenvalue weighted by Gasteiger charge is 2.27. The minimum atomic E-state index is -2.72. The van der Waals surface area contributed by atoms with Crippen molar-refractivity contribution < 1.29 is 8.42 Å². The van der Waals surface area contributed by atoms with Crippen LogP contribution in [-0.4, -0.2) is 44.5 Å². The van der Waals surface area contributed by atoms with Crippen LogP contribution in [0.3, 0.4) is 0 Å². The van der Waals surface area contributed by atoms with Crippen molar-refractivity contribution >= 4 is 9.84 Å². The highest BCUT2D eigenvalue weighted by Crippen LogP contribution is 2.33. The normalized spacial score (nSPS) is 33.7. The Morgan fingerprint density at radius 3 is 2.11 bits per heavy atom. The molecule has 2 rings (SSSR count). The van der Waals surface area contributed by atoms with Gasteiger partial charge in [-0.1, -0.05) is 13.8 Å². The van der Waals surface area contributed by atoms with Crippen molar-refractivity contribution in [1.82, 2.24) is 4.90 Å². The molecular formula is C14H27NO2S. The molecule has 0 aromatic rings. The zero-order valence-corrected chi connectivity index (χ0v) is 12.6. The van der Waals surface area contributed by atoms with Gasteiger partial charge in [0.05, 0.1) is 11.5 Å². The molecule has 1 saturated carbocycles. The van der Waals surface area contributed by atoms with E-state index in [2.05, 4.69) is 18.7 Å². The van der Waals surface area contributed by atoms with Crippen LogP contribution in [0, 0.1) is 17.8 Å². The summed E-state index contributed by atoms with van der Waals surface area (Å²) >= 11 is 0. The van der Waals surface area contributed by atoms with Gasteiger partial charge in [-0.15, -0.1) is 0 Å². The lowest BCUT2D eigenvalue weighted by atomic mass is 9.77. The summed E-state index contributed by atoms with van der Waals surface area (Å²) in [5.41, 5.74) is 0. The Morgan fingerprint density at radius 1 is 1.06 bits per heavy atom. The van der Waals surface area contributed by atoms with Crippen LogP contribution in [0.4, 0.5) is 0 Å². The molecule has 4 heteroatoms. The third-order valence-corrected chi connectivity index (χ3v) is 6.40. The summed E-state index contributed by atoms with van der Waals surface area (Å²) in [6.45, 7) is 7.31. The van der Waals surface area contributed by atoms with E-state index in [-0.39, 0.29) is 0 Å². The quantitative estimate of drug-likeness (QED) is 0.791. The molecule has 0 aromatic carbocycles. The summed E-state index contributed by atoms with van der Waals surface area (Å²) in [5, 5.41) is 0. The van der Waals surface area contributed by atoms with E-state index >= 15 is 0 Å². The highest BCUT2D eigenvalue weighted by atomic mass is 32.2. The molecule has 1 heterocycles. The lowest BCUT2D eigenvalue weighted by Gasteiger charge is -2.35. The molecule has 0 unspecified atom stereocenters. The first-order valence-corrected chi connectivity index (χ1v) is 9.21. The maximum Gasteiger partial charge on any atom is 0.152 e. The average molecular weight is 273 g/mol. The SMILES string of the molecule is CC(C)C1CCC(CN2CCS(=O)(=O)CC2)CC1. The number of nitrogens with zero attached hydrogens (tertiary/aromatic N) is 1. The zero-order chi connectivity index (χ0) is 13.2. The van der Waals surface area contributed by atoms with Crippen molar-refractivity contribution in [3.63, 3.8) is 0 Å². The molecule has 2 aliphatic rings. The van der Waals surface area contributed by atoms with Crippen LogP contribution in [0.15, 0.2) is 0 Å². The molecule has 0 N–H and O–H groups in total. The van der Waals surface area contributed by atoms with Crippen LogP contribution in [0.1, 0.15) is 39.5 Å². The van der Waals surface area contributed by atoms with Crippen molar-refractivity contribution in [3.05, 3.63) is 0 Å². The molecule has 106 valence electrons. The van der Waals surface area contributed by atoms with Crippen molar-refractivity contribution in [2.75, 3.05) is 31.1 Å². The first-order chi connectivity index (χ1) is 8.46. The van der Waals surface area contributed by atoms with Crippen LogP contribution < -0.4 is 0 Å². The van der Waals surface area contributed by atoms with Crippen LogP contribution in [0.5, 0.6) is 0 Å². The Hall–Kier alpha value is -0.0900. The number of hydrogen-bond donors (Lipinski definition) is 0. The molecule has 18 heavy (non-hydrogen) atoms. The predicted molar refractivity (Wildman–Crippen MR) is 75.4 cm³/mol. The van der Waals surface area contributed by atoms with Gasteiger partial charge in [-0.25, -0.2) is 8.42 Å². The van der Waals surface area contributed by atoms with Gasteiger partial charge >= 0.3 is 0 Å². The molecule has 1 saturated heterocycles. The lowest BCUT2D eigenvalue weighted by molar-refractivity contribution is 0.169. The standard InChI is InChI=1S/C14H27NO2S/c1-12(2)14-5-3-13(4-6-14)11-15-7-9-18(16,17)10-8-15/h12-14H,3-11H2,1-2H3. The van der Waals surface area contributed by atoms with Crippen molar-refractivity contribution in [2.45, 2.75) is 39.5 Å². The maximum absolute atomic E-state index is 11.4. The van der Waals surface area contributed by atoms with Gasteiger partial charge in [0.2, 0.25) is 0 Å². The third kappa shape index (κ3) is 3.95. The summed E-state index contributed by atoms with van der Waals surface area (Å²) in [6.07, 6.45) is 5.42. The van der Waals surface area contributed by atoms with Gasteiger partial charge in [-0.05, 0) is 43.4 Å². The summed E-state index contributed by atoms with van der Waals surface area (Å²) in [7, 11) is -2.72. The second-order valence-electron chi connectivity index (χ2n) is 6.48. The second kappa shape index (κ2) is 5.91. The summed E-state index contributed by atoms with van der Waals surface area (Å²) in [6, 6.07) is 0. The van der Waals surface area contributed by atoms with Crippen molar-refractivity contribution in [2.24, 2.45) is 17.8 Å². The minimum Gasteiger partial charge on any atom is -0.301 e. The van der Waals surface area contributed by atoms with E-state index in [9.17, 15) is 8.42 Å². The molecule has 0 amide bonds. The van der Waals surface area contributed by atoms with Gasteiger partial charge in [-0.3, -0.25) is 0 Å². The Kier molecular flexibility index (Phi) is 4.70. The fraction of sp³-hybridized carbons (Fsp3) is 1.00. The Bertz CT molecular complexity index is 342. The molecule has 0 atom stereocenters. The number of hydrogen-bond acceptors (Lipinski definition) is 3. The van der Waals surface area contributed by atoms with E-state index < -0.39 is 9.84 Å². The van der Waals surface area contributed by atoms with E-state index in [0.29, 0.717) is 11.5 Å². The second-order valence-corrected chi connectivity index (χ2v) is 8.78. The van der Waals surface area contributed by atoms with Gasteiger partial charge < -0.3 is 4.90 Å². The fourth-order valence-electron chi connectivity index (χ4n) is 3.34. The first kappa shape index (κ1) is 14.3. The highest BCUT2D eigenvalue weighted by molar-refractivity contribution is 7.91. The molecule has 0 bridgehead atoms. The average Bonchev–Trinajstić information content (AvgIpc) is 2.33. The van der Waals surface area contributed by atoms with Gasteiger partial charge in [0.1, 0.15) is 0 Å². The molecule has 3 nitrogen and oxygen atoms in total. The molecule has 0 spiro atoms. The van der Waals surface area contributed by atoms with E-state index in [1.165, 1.54) is 25.7 Å². The predicted octanol–water partition coefficient (Wildman–Crippen LogP) is 2.18. The van der Waals surface area contributed by atoms with Crippen LogP contribution in [0.25, 0.3) is 0 Å². The summed E-state index contributed by atoms with van der Waals surface area (Å²) < 4.78 is 22.8. The molecule has 1 aliphatic heterocycles. The lowest BCUT2D eigenvalue weighted by Crippen LogP contribution is -2.43. The third-order valence-electron chi connectivity index (χ3n) is 4.79. The minimum absolute atomic E-state index is 0.369. The van der Waals surface area contributed by atoms with Crippen LogP contribution in [0.2, 0.25) is 0 Å². The van der Waals surface area contributed by atoms with Gasteiger partial charge in [0, 0.05) is 19.6 Å². The Balaban J connectivity index is 1.72. The van der Waals surface area contributed by atoms with Crippen molar-refractivity contribution in [1.29, 1.82) is 0 Å². The monoisotopic (exact) mass is 273 g/mol. The Labute approximate surface area is 112 Å². The van der Waals surface area contributed by atoms with E-state index in [0.717, 1.165) is 37.4 Å². The van der Waals surface area contributed by atoms with Crippen molar-refractivity contribution in [3.8, 4) is 0 Å². The van der Waals surface area contributed by atoms with Crippen LogP contribution in [-0.2, 0) is 9.84 Å². The topological polar surface area (TPSA) is 37.4 Å². The summed E-state index contributed by atoms with van der Waals surface area (Å²) in [5.74, 6) is 3.29. The van der Waals surface area contributed by atoms with E-state index in [1.54, 1.807) is 0 Å². The maximum atomic E-state index is 11.4. The molecule has 0 aromatic heterocycles. The number of rotatable bonds is 3. The van der Waals surface area contributed by atoms with Gasteiger partial charge in [-0.2, -0.15) is 0 Å². The number of sulfone groups is 1. The largest absolute Gasteiger partial charge is 0.301 e. The summed E-state index contributed by atoms with van der Waals surface area (Å²) in [4.78, 5) is 2.36. The zero-order valence-electron chi connectivity index (χ0n) is 11.8. The molecule has 1 aliphatic carbocycles. The molecule has 0 radical (unpaired) electrons. The Morgan fingerprint density at radius 2 is 1.61 bits per heavy atom. The van der Waals surface area contributed by atoms with E-state index in [1.807, 2.05) is 0 Å². The van der Waals surface area contributed by atoms with Gasteiger partial charge in [0.25, 0.3) is 0 Å².